The molecule has 0 bridgehead atoms. The summed E-state index contributed by atoms with van der Waals surface area (Å²) in [6, 6.07) is 8.79. The lowest BCUT2D eigenvalue weighted by atomic mass is 10.0. The van der Waals surface area contributed by atoms with Crippen LogP contribution < -0.4 is 0 Å². The molecule has 0 spiro atoms. The lowest BCUT2D eigenvalue weighted by Crippen LogP contribution is -2.16. The third-order valence-corrected chi connectivity index (χ3v) is 2.40. The average molecular weight is 232 g/mol. The minimum absolute atomic E-state index is 0.248. The molecule has 2 atom stereocenters. The monoisotopic (exact) mass is 232 g/mol. The van der Waals surface area contributed by atoms with Gasteiger partial charge in [-0.25, -0.2) is 4.79 Å². The Kier molecular flexibility index (Phi) is 3.37. The molecule has 0 unspecified atom stereocenters. The van der Waals surface area contributed by atoms with E-state index in [4.69, 9.17) is 4.74 Å². The Morgan fingerprint density at radius 3 is 2.41 bits per heavy atom. The number of rotatable bonds is 3. The Bertz CT molecular complexity index is 462. The van der Waals surface area contributed by atoms with Crippen LogP contribution in [0.4, 0.5) is 0 Å². The first kappa shape index (κ1) is 11.6. The van der Waals surface area contributed by atoms with Crippen LogP contribution in [0.25, 0.3) is 0 Å². The Labute approximate surface area is 98.5 Å². The van der Waals surface area contributed by atoms with E-state index >= 15 is 0 Å². The normalized spacial score (nSPS) is 20.4. The summed E-state index contributed by atoms with van der Waals surface area (Å²) in [5.41, 5.74) is 0.602. The summed E-state index contributed by atoms with van der Waals surface area (Å²) < 4.78 is 4.76. The Morgan fingerprint density at radius 2 is 1.82 bits per heavy atom. The summed E-state index contributed by atoms with van der Waals surface area (Å²) in [6.45, 7) is 0. The molecule has 0 radical (unpaired) electrons. The highest BCUT2D eigenvalue weighted by molar-refractivity contribution is 5.86. The summed E-state index contributed by atoms with van der Waals surface area (Å²) in [4.78, 5) is 10.8. The molecular weight excluding hydrogens is 220 g/mol. The Morgan fingerprint density at radius 1 is 1.12 bits per heavy atom. The highest BCUT2D eigenvalue weighted by Gasteiger charge is 2.18. The lowest BCUT2D eigenvalue weighted by Gasteiger charge is -2.15. The summed E-state index contributed by atoms with van der Waals surface area (Å²) >= 11 is 0. The SMILES string of the molecule is O=C1C=C/C(=C\[C@@H](O)[C@@H](O)c2ccccc2)O1. The Hall–Kier alpha value is -1.91. The molecule has 17 heavy (non-hydrogen) atoms. The van der Waals surface area contributed by atoms with Crippen LogP contribution in [-0.2, 0) is 9.53 Å². The number of benzene rings is 1. The van der Waals surface area contributed by atoms with Crippen LogP contribution in [0.15, 0.2) is 54.3 Å². The van der Waals surface area contributed by atoms with Crippen molar-refractivity contribution in [3.8, 4) is 0 Å². The maximum Gasteiger partial charge on any atom is 0.336 e. The number of carbonyl (C=O) groups excluding carboxylic acids is 1. The summed E-state index contributed by atoms with van der Waals surface area (Å²) in [5.74, 6) is -0.227. The van der Waals surface area contributed by atoms with Gasteiger partial charge in [-0.3, -0.25) is 0 Å². The molecule has 0 saturated heterocycles. The van der Waals surface area contributed by atoms with Crippen LogP contribution >= 0.6 is 0 Å². The molecule has 0 amide bonds. The minimum Gasteiger partial charge on any atom is -0.424 e. The standard InChI is InChI=1S/C13H12O4/c14-11(8-10-6-7-12(15)17-10)13(16)9-4-2-1-3-5-9/h1-8,11,13-14,16H/b10-8+/t11-,13+/m1/s1. The largest absolute Gasteiger partial charge is 0.424 e. The van der Waals surface area contributed by atoms with E-state index < -0.39 is 18.2 Å². The molecule has 0 fully saturated rings. The van der Waals surface area contributed by atoms with Gasteiger partial charge in [0.05, 0.1) is 0 Å². The lowest BCUT2D eigenvalue weighted by molar-refractivity contribution is -0.132. The molecule has 4 heteroatoms. The fourth-order valence-corrected chi connectivity index (χ4v) is 1.53. The van der Waals surface area contributed by atoms with Gasteiger partial charge < -0.3 is 14.9 Å². The molecule has 2 N–H and O–H groups in total. The molecule has 0 saturated carbocycles. The second-order valence-electron chi connectivity index (χ2n) is 3.67. The zero-order chi connectivity index (χ0) is 12.3. The molecule has 0 aliphatic carbocycles. The molecule has 1 aliphatic rings. The maximum atomic E-state index is 10.8. The smallest absolute Gasteiger partial charge is 0.336 e. The van der Waals surface area contributed by atoms with E-state index in [2.05, 4.69) is 0 Å². The second-order valence-corrected chi connectivity index (χ2v) is 3.67. The molecule has 1 aromatic rings. The van der Waals surface area contributed by atoms with Crippen LogP contribution in [0.3, 0.4) is 0 Å². The van der Waals surface area contributed by atoms with Gasteiger partial charge in [0.15, 0.2) is 0 Å². The van der Waals surface area contributed by atoms with Crippen molar-refractivity contribution in [1.82, 2.24) is 0 Å². The fraction of sp³-hybridized carbons (Fsp3) is 0.154. The predicted molar refractivity (Wildman–Crippen MR) is 60.7 cm³/mol. The number of carbonyl (C=O) groups is 1. The molecule has 1 heterocycles. The van der Waals surface area contributed by atoms with Crippen molar-refractivity contribution >= 4 is 5.97 Å². The summed E-state index contributed by atoms with van der Waals surface area (Å²) in [7, 11) is 0. The quantitative estimate of drug-likeness (QED) is 0.765. The predicted octanol–water partition coefficient (Wildman–Crippen LogP) is 1.08. The van der Waals surface area contributed by atoms with Crippen LogP contribution in [0.1, 0.15) is 11.7 Å². The minimum atomic E-state index is -1.12. The van der Waals surface area contributed by atoms with Gasteiger partial charge in [0, 0.05) is 6.08 Å². The van der Waals surface area contributed by atoms with Crippen molar-refractivity contribution in [2.45, 2.75) is 12.2 Å². The summed E-state index contributed by atoms with van der Waals surface area (Å²) in [6.07, 6.45) is 1.84. The van der Waals surface area contributed by atoms with Crippen LogP contribution in [0.5, 0.6) is 0 Å². The molecular formula is C13H12O4. The van der Waals surface area contributed by atoms with Crippen molar-refractivity contribution in [2.75, 3.05) is 0 Å². The molecule has 88 valence electrons. The first-order valence-corrected chi connectivity index (χ1v) is 5.19. The first-order chi connectivity index (χ1) is 8.16. The highest BCUT2D eigenvalue weighted by atomic mass is 16.5. The third kappa shape index (κ3) is 2.81. The van der Waals surface area contributed by atoms with E-state index in [9.17, 15) is 15.0 Å². The van der Waals surface area contributed by atoms with Gasteiger partial charge in [-0.2, -0.15) is 0 Å². The average Bonchev–Trinajstić information content (AvgIpc) is 2.75. The van der Waals surface area contributed by atoms with Gasteiger partial charge in [-0.15, -0.1) is 0 Å². The van der Waals surface area contributed by atoms with Crippen molar-refractivity contribution in [2.24, 2.45) is 0 Å². The number of cyclic esters (lactones) is 1. The summed E-state index contributed by atoms with van der Waals surface area (Å²) in [5, 5.41) is 19.6. The van der Waals surface area contributed by atoms with Gasteiger partial charge in [0.2, 0.25) is 0 Å². The zero-order valence-corrected chi connectivity index (χ0v) is 8.98. The number of ether oxygens (including phenoxy) is 1. The first-order valence-electron chi connectivity index (χ1n) is 5.19. The topological polar surface area (TPSA) is 66.8 Å². The van der Waals surface area contributed by atoms with E-state index in [1.165, 1.54) is 18.2 Å². The van der Waals surface area contributed by atoms with Crippen LogP contribution in [0, 0.1) is 0 Å². The van der Waals surface area contributed by atoms with E-state index in [-0.39, 0.29) is 5.76 Å². The maximum absolute atomic E-state index is 10.8. The van der Waals surface area contributed by atoms with Crippen LogP contribution in [-0.4, -0.2) is 22.3 Å². The van der Waals surface area contributed by atoms with E-state index in [0.717, 1.165) is 0 Å². The molecule has 2 rings (SSSR count). The number of aliphatic hydroxyl groups excluding tert-OH is 2. The highest BCUT2D eigenvalue weighted by Crippen LogP contribution is 2.20. The fourth-order valence-electron chi connectivity index (χ4n) is 1.53. The van der Waals surface area contributed by atoms with Gasteiger partial charge in [0.25, 0.3) is 0 Å². The van der Waals surface area contributed by atoms with E-state index in [1.54, 1.807) is 24.3 Å². The molecule has 1 aromatic carbocycles. The van der Waals surface area contributed by atoms with Crippen molar-refractivity contribution in [3.63, 3.8) is 0 Å². The zero-order valence-electron chi connectivity index (χ0n) is 8.98. The van der Waals surface area contributed by atoms with E-state index in [0.29, 0.717) is 5.56 Å². The van der Waals surface area contributed by atoms with Crippen molar-refractivity contribution in [3.05, 3.63) is 59.9 Å². The number of hydrogen-bond acceptors (Lipinski definition) is 4. The number of esters is 1. The number of allylic oxidation sites excluding steroid dienone is 1. The van der Waals surface area contributed by atoms with Crippen molar-refractivity contribution < 1.29 is 19.7 Å². The molecule has 0 aromatic heterocycles. The molecule has 1 aliphatic heterocycles. The van der Waals surface area contributed by atoms with Crippen molar-refractivity contribution in [1.29, 1.82) is 0 Å². The van der Waals surface area contributed by atoms with Crippen LogP contribution in [0.2, 0.25) is 0 Å². The van der Waals surface area contributed by atoms with E-state index in [1.807, 2.05) is 6.07 Å². The number of hydrogen-bond donors (Lipinski definition) is 2. The van der Waals surface area contributed by atoms with Gasteiger partial charge in [-0.1, -0.05) is 30.3 Å². The Balaban J connectivity index is 2.08. The number of aliphatic hydroxyl groups is 2. The van der Waals surface area contributed by atoms with Gasteiger partial charge >= 0.3 is 5.97 Å². The molecule has 4 nitrogen and oxygen atoms in total. The second kappa shape index (κ2) is 4.95. The van der Waals surface area contributed by atoms with Gasteiger partial charge in [-0.05, 0) is 17.7 Å². The third-order valence-electron chi connectivity index (χ3n) is 2.40. The van der Waals surface area contributed by atoms with Gasteiger partial charge in [0.1, 0.15) is 18.0 Å².